The summed E-state index contributed by atoms with van der Waals surface area (Å²) in [6.07, 6.45) is 5.73. The van der Waals surface area contributed by atoms with Crippen molar-refractivity contribution in [1.82, 2.24) is 14.9 Å². The fourth-order valence-corrected chi connectivity index (χ4v) is 1.50. The Morgan fingerprint density at radius 1 is 1.43 bits per heavy atom. The molecule has 3 nitrogen and oxygen atoms in total. The lowest BCUT2D eigenvalue weighted by Crippen LogP contribution is -2.09. The van der Waals surface area contributed by atoms with Crippen LogP contribution in [0.1, 0.15) is 5.56 Å². The fraction of sp³-hybridized carbons (Fsp3) is 0.300. The number of aromatic nitrogens is 2. The van der Waals surface area contributed by atoms with E-state index in [9.17, 15) is 0 Å². The van der Waals surface area contributed by atoms with Crippen LogP contribution in [0.25, 0.3) is 10.9 Å². The molecule has 0 aliphatic heterocycles. The Bertz CT molecular complexity index is 408. The summed E-state index contributed by atoms with van der Waals surface area (Å²) in [5.41, 5.74) is 2.43. The molecule has 0 radical (unpaired) electrons. The van der Waals surface area contributed by atoms with Crippen LogP contribution in [0.15, 0.2) is 24.7 Å². The van der Waals surface area contributed by atoms with E-state index < -0.39 is 0 Å². The molecule has 4 heteroatoms. The summed E-state index contributed by atoms with van der Waals surface area (Å²) in [7, 11) is 4.14. The molecule has 2 aromatic heterocycles. The second-order valence-corrected chi connectivity index (χ2v) is 3.47. The van der Waals surface area contributed by atoms with Gasteiger partial charge in [-0.3, -0.25) is 4.98 Å². The van der Waals surface area contributed by atoms with Gasteiger partial charge in [-0.15, -0.1) is 12.4 Å². The summed E-state index contributed by atoms with van der Waals surface area (Å²) in [4.78, 5) is 9.42. The highest BCUT2D eigenvalue weighted by Gasteiger charge is 2.02. The van der Waals surface area contributed by atoms with E-state index in [0.717, 1.165) is 12.1 Å². The standard InChI is InChI=1S/C10H13N3.ClH/c1-13(2)7-8-5-12-10-6-11-4-3-9(8)10;/h3-6,12H,7H2,1-2H3;1H. The van der Waals surface area contributed by atoms with Crippen LogP contribution in [0.4, 0.5) is 0 Å². The minimum Gasteiger partial charge on any atom is -0.360 e. The van der Waals surface area contributed by atoms with Gasteiger partial charge in [0.1, 0.15) is 0 Å². The predicted molar refractivity (Wildman–Crippen MR) is 60.7 cm³/mol. The maximum atomic E-state index is 4.06. The molecule has 0 atom stereocenters. The lowest BCUT2D eigenvalue weighted by atomic mass is 10.2. The molecule has 0 aromatic carbocycles. The van der Waals surface area contributed by atoms with Gasteiger partial charge in [-0.1, -0.05) is 0 Å². The van der Waals surface area contributed by atoms with Crippen LogP contribution in [0.5, 0.6) is 0 Å². The van der Waals surface area contributed by atoms with Gasteiger partial charge in [0.2, 0.25) is 0 Å². The lowest BCUT2D eigenvalue weighted by molar-refractivity contribution is 0.404. The number of aromatic amines is 1. The Balaban J connectivity index is 0.000000980. The first-order valence-corrected chi connectivity index (χ1v) is 4.32. The van der Waals surface area contributed by atoms with Crippen molar-refractivity contribution in [3.63, 3.8) is 0 Å². The molecular formula is C10H14ClN3. The molecule has 0 aliphatic rings. The van der Waals surface area contributed by atoms with E-state index in [-0.39, 0.29) is 12.4 Å². The summed E-state index contributed by atoms with van der Waals surface area (Å²) in [5, 5.41) is 1.27. The highest BCUT2D eigenvalue weighted by Crippen LogP contribution is 2.17. The largest absolute Gasteiger partial charge is 0.360 e. The van der Waals surface area contributed by atoms with E-state index in [1.165, 1.54) is 10.9 Å². The van der Waals surface area contributed by atoms with Crippen LogP contribution in [0, 0.1) is 0 Å². The number of nitrogens with one attached hydrogen (secondary N) is 1. The monoisotopic (exact) mass is 211 g/mol. The smallest absolute Gasteiger partial charge is 0.0643 e. The molecular weight excluding hydrogens is 198 g/mol. The molecule has 0 spiro atoms. The maximum Gasteiger partial charge on any atom is 0.0643 e. The van der Waals surface area contributed by atoms with E-state index in [1.807, 2.05) is 24.7 Å². The van der Waals surface area contributed by atoms with Gasteiger partial charge in [-0.2, -0.15) is 0 Å². The molecule has 2 aromatic rings. The van der Waals surface area contributed by atoms with Gasteiger partial charge < -0.3 is 9.88 Å². The molecule has 0 unspecified atom stereocenters. The normalized spacial score (nSPS) is 10.5. The topological polar surface area (TPSA) is 31.9 Å². The first-order chi connectivity index (χ1) is 6.27. The third-order valence-corrected chi connectivity index (χ3v) is 2.06. The third kappa shape index (κ3) is 2.05. The van der Waals surface area contributed by atoms with E-state index in [2.05, 4.69) is 29.0 Å². The average Bonchev–Trinajstić information content (AvgIpc) is 2.48. The Labute approximate surface area is 89.5 Å². The number of H-pyrrole nitrogens is 1. The number of nitrogens with zero attached hydrogens (tertiary/aromatic N) is 2. The highest BCUT2D eigenvalue weighted by atomic mass is 35.5. The Kier molecular flexibility index (Phi) is 3.49. The van der Waals surface area contributed by atoms with E-state index >= 15 is 0 Å². The van der Waals surface area contributed by atoms with E-state index in [1.54, 1.807) is 0 Å². The quantitative estimate of drug-likeness (QED) is 0.825. The SMILES string of the molecule is CN(C)Cc1c[nH]c2cnccc12.Cl. The van der Waals surface area contributed by atoms with Crippen molar-refractivity contribution in [2.24, 2.45) is 0 Å². The number of halogens is 1. The number of fused-ring (bicyclic) bond motifs is 1. The molecule has 0 saturated heterocycles. The van der Waals surface area contributed by atoms with Crippen molar-refractivity contribution in [1.29, 1.82) is 0 Å². The molecule has 0 aliphatic carbocycles. The first-order valence-electron chi connectivity index (χ1n) is 4.32. The number of rotatable bonds is 2. The molecule has 0 saturated carbocycles. The summed E-state index contributed by atoms with van der Waals surface area (Å²) < 4.78 is 0. The van der Waals surface area contributed by atoms with Crippen LogP contribution in [-0.2, 0) is 6.54 Å². The molecule has 2 heterocycles. The van der Waals surface area contributed by atoms with Crippen molar-refractivity contribution in [3.8, 4) is 0 Å². The van der Waals surface area contributed by atoms with Crippen LogP contribution in [-0.4, -0.2) is 29.0 Å². The predicted octanol–water partition coefficient (Wildman–Crippen LogP) is 2.05. The number of pyridine rings is 1. The van der Waals surface area contributed by atoms with Crippen LogP contribution in [0.2, 0.25) is 0 Å². The molecule has 0 amide bonds. The van der Waals surface area contributed by atoms with Crippen molar-refractivity contribution in [3.05, 3.63) is 30.2 Å². The Morgan fingerprint density at radius 3 is 2.93 bits per heavy atom. The zero-order valence-electron chi connectivity index (χ0n) is 8.32. The highest BCUT2D eigenvalue weighted by molar-refractivity contribution is 5.85. The van der Waals surface area contributed by atoms with Gasteiger partial charge in [0.15, 0.2) is 0 Å². The van der Waals surface area contributed by atoms with Crippen molar-refractivity contribution < 1.29 is 0 Å². The third-order valence-electron chi connectivity index (χ3n) is 2.06. The Morgan fingerprint density at radius 2 is 2.21 bits per heavy atom. The van der Waals surface area contributed by atoms with Gasteiger partial charge in [0, 0.05) is 24.3 Å². The van der Waals surface area contributed by atoms with Crippen molar-refractivity contribution >= 4 is 23.3 Å². The minimum atomic E-state index is 0. The Hall–Kier alpha value is -1.06. The first kappa shape index (κ1) is 11.0. The number of hydrogen-bond acceptors (Lipinski definition) is 2. The zero-order valence-corrected chi connectivity index (χ0v) is 9.14. The molecule has 2 rings (SSSR count). The zero-order chi connectivity index (χ0) is 9.26. The fourth-order valence-electron chi connectivity index (χ4n) is 1.50. The second kappa shape index (κ2) is 4.44. The van der Waals surface area contributed by atoms with Gasteiger partial charge in [-0.05, 0) is 25.7 Å². The van der Waals surface area contributed by atoms with Crippen LogP contribution in [0.3, 0.4) is 0 Å². The minimum absolute atomic E-state index is 0. The average molecular weight is 212 g/mol. The molecule has 0 bridgehead atoms. The molecule has 1 N–H and O–H groups in total. The molecule has 14 heavy (non-hydrogen) atoms. The van der Waals surface area contributed by atoms with Crippen molar-refractivity contribution in [2.75, 3.05) is 14.1 Å². The van der Waals surface area contributed by atoms with E-state index in [4.69, 9.17) is 0 Å². The second-order valence-electron chi connectivity index (χ2n) is 3.47. The number of hydrogen-bond donors (Lipinski definition) is 1. The van der Waals surface area contributed by atoms with Crippen LogP contribution >= 0.6 is 12.4 Å². The van der Waals surface area contributed by atoms with Gasteiger partial charge in [0.25, 0.3) is 0 Å². The molecule has 0 fully saturated rings. The maximum absolute atomic E-state index is 4.06. The van der Waals surface area contributed by atoms with E-state index in [0.29, 0.717) is 0 Å². The molecule has 76 valence electrons. The van der Waals surface area contributed by atoms with Gasteiger partial charge >= 0.3 is 0 Å². The van der Waals surface area contributed by atoms with Crippen LogP contribution < -0.4 is 0 Å². The van der Waals surface area contributed by atoms with Gasteiger partial charge in [0.05, 0.1) is 11.7 Å². The summed E-state index contributed by atoms with van der Waals surface area (Å²) in [6.45, 7) is 0.962. The summed E-state index contributed by atoms with van der Waals surface area (Å²) in [6, 6.07) is 2.05. The van der Waals surface area contributed by atoms with Crippen molar-refractivity contribution in [2.45, 2.75) is 6.54 Å². The summed E-state index contributed by atoms with van der Waals surface area (Å²) >= 11 is 0. The summed E-state index contributed by atoms with van der Waals surface area (Å²) in [5.74, 6) is 0. The lowest BCUT2D eigenvalue weighted by Gasteiger charge is -2.07. The van der Waals surface area contributed by atoms with Gasteiger partial charge in [-0.25, -0.2) is 0 Å².